The van der Waals surface area contributed by atoms with E-state index in [9.17, 15) is 14.7 Å². The summed E-state index contributed by atoms with van der Waals surface area (Å²) in [6.45, 7) is 1.52. The fourth-order valence-corrected chi connectivity index (χ4v) is 3.25. The Morgan fingerprint density at radius 1 is 1.29 bits per heavy atom. The molecule has 1 saturated carbocycles. The van der Waals surface area contributed by atoms with Gasteiger partial charge in [0, 0.05) is 33.7 Å². The predicted octanol–water partition coefficient (Wildman–Crippen LogP) is 0.801. The SMILES string of the molecule is CN(C)C(=O)N1CCCC(C(=O)NCC2(O)CCCC2)C1. The molecule has 0 spiro atoms. The maximum atomic E-state index is 12.3. The van der Waals surface area contributed by atoms with Gasteiger partial charge < -0.3 is 20.2 Å². The largest absolute Gasteiger partial charge is 0.388 e. The minimum Gasteiger partial charge on any atom is -0.388 e. The molecule has 2 aliphatic rings. The van der Waals surface area contributed by atoms with Crippen molar-refractivity contribution in [3.05, 3.63) is 0 Å². The molecular weight excluding hydrogens is 270 g/mol. The van der Waals surface area contributed by atoms with Crippen molar-refractivity contribution in [2.75, 3.05) is 33.7 Å². The third kappa shape index (κ3) is 4.09. The second-order valence-electron chi connectivity index (χ2n) is 6.61. The van der Waals surface area contributed by atoms with Crippen molar-refractivity contribution >= 4 is 11.9 Å². The lowest BCUT2D eigenvalue weighted by molar-refractivity contribution is -0.127. The van der Waals surface area contributed by atoms with Crippen molar-refractivity contribution in [3.8, 4) is 0 Å². The molecule has 6 nitrogen and oxygen atoms in total. The van der Waals surface area contributed by atoms with Crippen LogP contribution in [0.1, 0.15) is 38.5 Å². The van der Waals surface area contributed by atoms with Crippen molar-refractivity contribution in [3.63, 3.8) is 0 Å². The molecule has 3 amide bonds. The molecule has 0 aromatic carbocycles. The molecular formula is C15H27N3O3. The molecule has 0 radical (unpaired) electrons. The van der Waals surface area contributed by atoms with E-state index in [1.807, 2.05) is 0 Å². The minimum absolute atomic E-state index is 0.0356. The van der Waals surface area contributed by atoms with Crippen LogP contribution in [0.2, 0.25) is 0 Å². The van der Waals surface area contributed by atoms with E-state index in [1.165, 1.54) is 0 Å². The number of carbonyl (C=O) groups excluding carboxylic acids is 2. The maximum Gasteiger partial charge on any atom is 0.319 e. The van der Waals surface area contributed by atoms with Crippen molar-refractivity contribution in [1.29, 1.82) is 0 Å². The predicted molar refractivity (Wildman–Crippen MR) is 79.8 cm³/mol. The van der Waals surface area contributed by atoms with E-state index in [0.717, 1.165) is 38.5 Å². The van der Waals surface area contributed by atoms with Gasteiger partial charge in [-0.1, -0.05) is 12.8 Å². The molecule has 1 unspecified atom stereocenters. The molecule has 0 aromatic heterocycles. The van der Waals surface area contributed by atoms with Crippen LogP contribution in [-0.4, -0.2) is 66.2 Å². The second-order valence-corrected chi connectivity index (χ2v) is 6.61. The number of hydrogen-bond acceptors (Lipinski definition) is 3. The smallest absolute Gasteiger partial charge is 0.319 e. The quantitative estimate of drug-likeness (QED) is 0.809. The first kappa shape index (κ1) is 16.1. The number of likely N-dealkylation sites (tertiary alicyclic amines) is 1. The highest BCUT2D eigenvalue weighted by Crippen LogP contribution is 2.28. The summed E-state index contributed by atoms with van der Waals surface area (Å²) < 4.78 is 0. The van der Waals surface area contributed by atoms with Crippen LogP contribution in [0, 0.1) is 5.92 Å². The first-order chi connectivity index (χ1) is 9.91. The van der Waals surface area contributed by atoms with Crippen LogP contribution < -0.4 is 5.32 Å². The molecule has 1 heterocycles. The number of aliphatic hydroxyl groups is 1. The zero-order chi connectivity index (χ0) is 15.5. The van der Waals surface area contributed by atoms with Crippen LogP contribution in [0.25, 0.3) is 0 Å². The molecule has 1 atom stereocenters. The van der Waals surface area contributed by atoms with Gasteiger partial charge in [-0.05, 0) is 25.7 Å². The number of nitrogens with zero attached hydrogens (tertiary/aromatic N) is 2. The van der Waals surface area contributed by atoms with Gasteiger partial charge in [-0.15, -0.1) is 0 Å². The first-order valence-electron chi connectivity index (χ1n) is 7.88. The Hall–Kier alpha value is -1.30. The number of carbonyl (C=O) groups is 2. The lowest BCUT2D eigenvalue weighted by atomic mass is 9.96. The molecule has 0 aromatic rings. The van der Waals surface area contributed by atoms with Gasteiger partial charge in [-0.25, -0.2) is 4.79 Å². The van der Waals surface area contributed by atoms with Gasteiger partial charge in [0.2, 0.25) is 5.91 Å². The number of piperidine rings is 1. The summed E-state index contributed by atoms with van der Waals surface area (Å²) in [4.78, 5) is 27.5. The highest BCUT2D eigenvalue weighted by molar-refractivity contribution is 5.80. The second kappa shape index (κ2) is 6.64. The summed E-state index contributed by atoms with van der Waals surface area (Å²) in [5.74, 6) is -0.195. The fourth-order valence-electron chi connectivity index (χ4n) is 3.25. The molecule has 21 heavy (non-hydrogen) atoms. The summed E-state index contributed by atoms with van der Waals surface area (Å²) in [5, 5.41) is 13.1. The van der Waals surface area contributed by atoms with Crippen LogP contribution >= 0.6 is 0 Å². The van der Waals surface area contributed by atoms with E-state index in [0.29, 0.717) is 19.6 Å². The van der Waals surface area contributed by atoms with Crippen LogP contribution in [0.3, 0.4) is 0 Å². The Bertz CT molecular complexity index is 392. The summed E-state index contributed by atoms with van der Waals surface area (Å²) in [5.41, 5.74) is -0.719. The maximum absolute atomic E-state index is 12.3. The van der Waals surface area contributed by atoms with Crippen LogP contribution in [0.15, 0.2) is 0 Å². The number of amides is 3. The van der Waals surface area contributed by atoms with Crippen LogP contribution in [0.5, 0.6) is 0 Å². The number of hydrogen-bond donors (Lipinski definition) is 2. The summed E-state index contributed by atoms with van der Waals surface area (Å²) in [6.07, 6.45) is 5.25. The van der Waals surface area contributed by atoms with Gasteiger partial charge in [0.15, 0.2) is 0 Å². The molecule has 1 saturated heterocycles. The Kier molecular flexibility index (Phi) is 5.08. The van der Waals surface area contributed by atoms with E-state index in [2.05, 4.69) is 5.32 Å². The van der Waals surface area contributed by atoms with Gasteiger partial charge >= 0.3 is 6.03 Å². The van der Waals surface area contributed by atoms with E-state index in [1.54, 1.807) is 23.9 Å². The Balaban J connectivity index is 1.83. The standard InChI is InChI=1S/C15H27N3O3/c1-17(2)14(20)18-9-5-6-12(10-18)13(19)16-11-15(21)7-3-4-8-15/h12,21H,3-11H2,1-2H3,(H,16,19). The molecule has 2 rings (SSSR count). The number of urea groups is 1. The monoisotopic (exact) mass is 297 g/mol. The lowest BCUT2D eigenvalue weighted by Gasteiger charge is -2.34. The van der Waals surface area contributed by atoms with E-state index in [4.69, 9.17) is 0 Å². The Morgan fingerprint density at radius 2 is 1.95 bits per heavy atom. The highest BCUT2D eigenvalue weighted by Gasteiger charge is 2.33. The molecule has 6 heteroatoms. The Labute approximate surface area is 126 Å². The normalized spacial score (nSPS) is 24.7. The zero-order valence-corrected chi connectivity index (χ0v) is 13.1. The number of nitrogens with one attached hydrogen (secondary N) is 1. The third-order valence-electron chi connectivity index (χ3n) is 4.57. The third-order valence-corrected chi connectivity index (χ3v) is 4.57. The highest BCUT2D eigenvalue weighted by atomic mass is 16.3. The minimum atomic E-state index is -0.719. The summed E-state index contributed by atoms with van der Waals surface area (Å²) in [6, 6.07) is -0.0399. The molecule has 1 aliphatic heterocycles. The van der Waals surface area contributed by atoms with E-state index < -0.39 is 5.60 Å². The average Bonchev–Trinajstić information content (AvgIpc) is 2.91. The van der Waals surface area contributed by atoms with E-state index in [-0.39, 0.29) is 17.9 Å². The number of rotatable bonds is 3. The van der Waals surface area contributed by atoms with Gasteiger partial charge in [0.1, 0.15) is 0 Å². The molecule has 120 valence electrons. The molecule has 2 fully saturated rings. The summed E-state index contributed by atoms with van der Waals surface area (Å²) in [7, 11) is 3.45. The van der Waals surface area contributed by atoms with Crippen molar-refractivity contribution in [2.24, 2.45) is 5.92 Å². The lowest BCUT2D eigenvalue weighted by Crippen LogP contribution is -2.50. The van der Waals surface area contributed by atoms with Gasteiger partial charge in [0.05, 0.1) is 11.5 Å². The first-order valence-corrected chi connectivity index (χ1v) is 7.88. The average molecular weight is 297 g/mol. The van der Waals surface area contributed by atoms with Crippen LogP contribution in [0.4, 0.5) is 4.79 Å². The molecule has 0 bridgehead atoms. The topological polar surface area (TPSA) is 72.9 Å². The molecule has 1 aliphatic carbocycles. The van der Waals surface area contributed by atoms with Gasteiger partial charge in [0.25, 0.3) is 0 Å². The van der Waals surface area contributed by atoms with E-state index >= 15 is 0 Å². The van der Waals surface area contributed by atoms with Crippen molar-refractivity contribution in [1.82, 2.24) is 15.1 Å². The van der Waals surface area contributed by atoms with Crippen molar-refractivity contribution < 1.29 is 14.7 Å². The zero-order valence-electron chi connectivity index (χ0n) is 13.1. The van der Waals surface area contributed by atoms with Crippen LogP contribution in [-0.2, 0) is 4.79 Å². The Morgan fingerprint density at radius 3 is 2.57 bits per heavy atom. The van der Waals surface area contributed by atoms with Crippen molar-refractivity contribution in [2.45, 2.75) is 44.1 Å². The fraction of sp³-hybridized carbons (Fsp3) is 0.867. The van der Waals surface area contributed by atoms with Gasteiger partial charge in [-0.3, -0.25) is 4.79 Å². The van der Waals surface area contributed by atoms with Gasteiger partial charge in [-0.2, -0.15) is 0 Å². The summed E-state index contributed by atoms with van der Waals surface area (Å²) >= 11 is 0. The molecule has 2 N–H and O–H groups in total.